The summed E-state index contributed by atoms with van der Waals surface area (Å²) in [5, 5.41) is 28.3. The van der Waals surface area contributed by atoms with Gasteiger partial charge in [0.05, 0.1) is 26.1 Å². The van der Waals surface area contributed by atoms with Crippen molar-refractivity contribution in [2.45, 2.75) is 31.8 Å². The Morgan fingerprint density at radius 3 is 1.64 bits per heavy atom. The first kappa shape index (κ1) is 35.2. The van der Waals surface area contributed by atoms with Gasteiger partial charge in [0.25, 0.3) is 0 Å². The molecule has 1 aromatic rings. The van der Waals surface area contributed by atoms with E-state index in [4.69, 9.17) is 9.47 Å². The molecule has 0 amide bonds. The van der Waals surface area contributed by atoms with Crippen LogP contribution in [-0.2, 0) is 39.8 Å². The third-order valence-electron chi connectivity index (χ3n) is 6.82. The summed E-state index contributed by atoms with van der Waals surface area (Å²) >= 11 is 0. The molecule has 1 aliphatic rings. The highest BCUT2D eigenvalue weighted by Crippen LogP contribution is 2.35. The van der Waals surface area contributed by atoms with Gasteiger partial charge in [0.2, 0.25) is 13.9 Å². The first-order valence-corrected chi connectivity index (χ1v) is 14.6. The second kappa shape index (κ2) is 18.5. The predicted octanol–water partition coefficient (Wildman–Crippen LogP) is 0.967. The molecule has 0 saturated carbocycles. The molecule has 0 aromatic heterocycles. The number of rotatable bonds is 15. The molecule has 15 heteroatoms. The normalized spacial score (nSPS) is 18.4. The second-order valence-electron chi connectivity index (χ2n) is 9.91. The van der Waals surface area contributed by atoms with Gasteiger partial charge in [0, 0.05) is 65.4 Å². The lowest BCUT2D eigenvalue weighted by Crippen LogP contribution is -2.54. The van der Waals surface area contributed by atoms with Crippen molar-refractivity contribution in [2.24, 2.45) is 0 Å². The molecule has 1 saturated heterocycles. The third-order valence-corrected chi connectivity index (χ3v) is 7.74. The van der Waals surface area contributed by atoms with Crippen LogP contribution in [0.2, 0.25) is 0 Å². The Labute approximate surface area is 247 Å². The molecule has 1 unspecified atom stereocenters. The van der Waals surface area contributed by atoms with Gasteiger partial charge in [-0.25, -0.2) is 0 Å². The van der Waals surface area contributed by atoms with Crippen molar-refractivity contribution in [3.05, 3.63) is 35.9 Å². The van der Waals surface area contributed by atoms with Crippen molar-refractivity contribution in [2.75, 3.05) is 78.6 Å². The molecule has 3 N–H and O–H groups in total. The van der Waals surface area contributed by atoms with Crippen LogP contribution in [0.4, 0.5) is 0 Å². The van der Waals surface area contributed by atoms with Crippen LogP contribution >= 0.6 is 8.46 Å². The molecule has 0 spiro atoms. The van der Waals surface area contributed by atoms with Crippen molar-refractivity contribution in [3.8, 4) is 0 Å². The van der Waals surface area contributed by atoms with Crippen LogP contribution in [0.25, 0.3) is 0 Å². The van der Waals surface area contributed by atoms with Gasteiger partial charge in [-0.3, -0.25) is 43.3 Å². The van der Waals surface area contributed by atoms with Crippen LogP contribution < -0.4 is 0 Å². The molecule has 1 heterocycles. The van der Waals surface area contributed by atoms with E-state index in [1.165, 1.54) is 0 Å². The lowest BCUT2D eigenvalue weighted by molar-refractivity contribution is -0.149. The Morgan fingerprint density at radius 2 is 1.24 bits per heavy atom. The predicted molar refractivity (Wildman–Crippen MR) is 151 cm³/mol. The van der Waals surface area contributed by atoms with E-state index >= 15 is 0 Å². The standard InChI is InChI=1S/C27H41N4O10P/c1-2-41-27(42-39,9-8-26(38)40-21-22-6-4-3-5-7-22)31-16-14-29(19-24(34)35)12-10-28(18-23(32)33)11-13-30(15-17-31)20-25(36)37/h3-7H,2,8-21H2,1H3,(H,32,33)(H,34,35)(H,36,37). The summed E-state index contributed by atoms with van der Waals surface area (Å²) in [6.07, 6.45) is -0.0792. The molecule has 1 fully saturated rings. The van der Waals surface area contributed by atoms with E-state index in [-0.39, 0.29) is 98.0 Å². The molecular formula is C27H41N4O10P. The molecule has 1 atom stereocenters. The maximum atomic E-state index is 12.7. The number of carboxylic acids is 3. The quantitative estimate of drug-likeness (QED) is 0.188. The van der Waals surface area contributed by atoms with E-state index < -0.39 is 37.8 Å². The highest BCUT2D eigenvalue weighted by molar-refractivity contribution is 7.25. The van der Waals surface area contributed by atoms with E-state index in [0.29, 0.717) is 0 Å². The zero-order valence-electron chi connectivity index (χ0n) is 23.9. The average molecular weight is 613 g/mol. The smallest absolute Gasteiger partial charge is 0.317 e. The number of esters is 1. The summed E-state index contributed by atoms with van der Waals surface area (Å²) < 4.78 is 24.1. The minimum atomic E-state index is -1.44. The summed E-state index contributed by atoms with van der Waals surface area (Å²) in [4.78, 5) is 53.9. The Kier molecular flexibility index (Phi) is 15.5. The maximum absolute atomic E-state index is 12.7. The van der Waals surface area contributed by atoms with Crippen molar-refractivity contribution in [1.29, 1.82) is 0 Å². The van der Waals surface area contributed by atoms with Gasteiger partial charge < -0.3 is 24.8 Å². The Balaban J connectivity index is 2.26. The largest absolute Gasteiger partial charge is 0.480 e. The van der Waals surface area contributed by atoms with E-state index in [0.717, 1.165) is 5.56 Å². The van der Waals surface area contributed by atoms with Gasteiger partial charge in [0.1, 0.15) is 6.61 Å². The lowest BCUT2D eigenvalue weighted by atomic mass is 10.2. The fraction of sp³-hybridized carbons (Fsp3) is 0.630. The summed E-state index contributed by atoms with van der Waals surface area (Å²) in [5.41, 5.74) is -0.616. The average Bonchev–Trinajstić information content (AvgIpc) is 2.94. The van der Waals surface area contributed by atoms with Gasteiger partial charge in [-0.1, -0.05) is 30.3 Å². The lowest BCUT2D eigenvalue weighted by Gasteiger charge is -2.41. The number of nitrogens with zero attached hydrogens (tertiary/aromatic N) is 4. The molecule has 2 rings (SSSR count). The van der Waals surface area contributed by atoms with Crippen LogP contribution in [0.15, 0.2) is 30.3 Å². The Hall–Kier alpha value is -3.00. The molecule has 0 aliphatic carbocycles. The maximum Gasteiger partial charge on any atom is 0.317 e. The monoisotopic (exact) mass is 612 g/mol. The van der Waals surface area contributed by atoms with Crippen LogP contribution in [-0.4, -0.2) is 143 Å². The Bertz CT molecular complexity index is 1000. The molecule has 0 bridgehead atoms. The van der Waals surface area contributed by atoms with Crippen molar-refractivity contribution < 1.29 is 48.5 Å². The van der Waals surface area contributed by atoms with Gasteiger partial charge in [-0.05, 0) is 12.5 Å². The molecule has 0 radical (unpaired) electrons. The fourth-order valence-electron chi connectivity index (χ4n) is 4.69. The number of aliphatic carboxylic acids is 3. The molecule has 234 valence electrons. The van der Waals surface area contributed by atoms with Gasteiger partial charge >= 0.3 is 23.9 Å². The molecule has 1 aliphatic heterocycles. The van der Waals surface area contributed by atoms with Crippen LogP contribution in [0.3, 0.4) is 0 Å². The Morgan fingerprint density at radius 1 is 0.786 bits per heavy atom. The number of ether oxygens (including phenoxy) is 2. The summed E-state index contributed by atoms with van der Waals surface area (Å²) in [6, 6.07) is 9.19. The topological polar surface area (TPSA) is 177 Å². The first-order chi connectivity index (χ1) is 20.1. The summed E-state index contributed by atoms with van der Waals surface area (Å²) in [5.74, 6) is -3.64. The highest BCUT2D eigenvalue weighted by atomic mass is 31.1. The number of carbonyl (C=O) groups is 4. The van der Waals surface area contributed by atoms with Crippen molar-refractivity contribution >= 4 is 32.3 Å². The van der Waals surface area contributed by atoms with Crippen molar-refractivity contribution in [1.82, 2.24) is 19.6 Å². The first-order valence-electron chi connectivity index (χ1n) is 13.8. The molecule has 14 nitrogen and oxygen atoms in total. The van der Waals surface area contributed by atoms with Crippen LogP contribution in [0.1, 0.15) is 25.3 Å². The number of carboxylic acid groups (broad SMARTS) is 3. The van der Waals surface area contributed by atoms with E-state index in [9.17, 15) is 39.1 Å². The molecular weight excluding hydrogens is 571 g/mol. The van der Waals surface area contributed by atoms with Gasteiger partial charge in [-0.15, -0.1) is 0 Å². The second-order valence-corrected chi connectivity index (χ2v) is 10.8. The number of hydrogen-bond acceptors (Lipinski definition) is 11. The van der Waals surface area contributed by atoms with Crippen molar-refractivity contribution in [3.63, 3.8) is 0 Å². The minimum absolute atomic E-state index is 0.0176. The fourth-order valence-corrected chi connectivity index (χ4v) is 5.39. The van der Waals surface area contributed by atoms with E-state index in [2.05, 4.69) is 0 Å². The van der Waals surface area contributed by atoms with Gasteiger partial charge in [-0.2, -0.15) is 0 Å². The number of hydrogen-bond donors (Lipinski definition) is 3. The highest BCUT2D eigenvalue weighted by Gasteiger charge is 2.40. The van der Waals surface area contributed by atoms with Crippen LogP contribution in [0.5, 0.6) is 0 Å². The van der Waals surface area contributed by atoms with E-state index in [1.54, 1.807) is 26.5 Å². The summed E-state index contributed by atoms with van der Waals surface area (Å²) in [6.45, 7) is 2.97. The minimum Gasteiger partial charge on any atom is -0.480 e. The third kappa shape index (κ3) is 12.9. The summed E-state index contributed by atoms with van der Waals surface area (Å²) in [7, 11) is -0.413. The van der Waals surface area contributed by atoms with Crippen LogP contribution in [0, 0.1) is 0 Å². The zero-order valence-corrected chi connectivity index (χ0v) is 24.8. The SMILES string of the molecule is CCOC(CCC(=O)OCc1ccccc1)(P=O)N1CCN(CC(=O)O)CCN(CC(=O)O)CCN(CC(=O)O)CC1. The zero-order chi connectivity index (χ0) is 31.0. The number of carbonyl (C=O) groups excluding carboxylic acids is 1. The van der Waals surface area contributed by atoms with E-state index in [1.807, 2.05) is 30.3 Å². The van der Waals surface area contributed by atoms with Gasteiger partial charge in [0.15, 0.2) is 0 Å². The molecule has 42 heavy (non-hydrogen) atoms. The number of benzene rings is 1. The molecule has 1 aromatic carbocycles.